The number of rotatable bonds is 4. The van der Waals surface area contributed by atoms with Crippen LogP contribution in [0.5, 0.6) is 0 Å². The molecule has 0 saturated heterocycles. The zero-order chi connectivity index (χ0) is 14.8. The molecular formula is C16H31NO2S. The first-order chi connectivity index (χ1) is 9.41. The largest absolute Gasteiger partial charge is 0.316 e. The highest BCUT2D eigenvalue weighted by Gasteiger charge is 2.36. The highest BCUT2D eigenvalue weighted by Crippen LogP contribution is 2.38. The van der Waals surface area contributed by atoms with Gasteiger partial charge in [-0.05, 0) is 56.9 Å². The Balaban J connectivity index is 2.03. The van der Waals surface area contributed by atoms with Gasteiger partial charge in [0.2, 0.25) is 0 Å². The topological polar surface area (TPSA) is 46.2 Å². The SMILES string of the molecule is CNC(C1CCCC(C)C1)C1CCCC(S(C)(=O)=O)C1. The lowest BCUT2D eigenvalue weighted by molar-refractivity contribution is 0.158. The summed E-state index contributed by atoms with van der Waals surface area (Å²) in [6.07, 6.45) is 10.8. The van der Waals surface area contributed by atoms with Crippen LogP contribution in [0, 0.1) is 17.8 Å². The lowest BCUT2D eigenvalue weighted by Crippen LogP contribution is -2.45. The van der Waals surface area contributed by atoms with Crippen molar-refractivity contribution < 1.29 is 8.42 Å². The highest BCUT2D eigenvalue weighted by molar-refractivity contribution is 7.91. The van der Waals surface area contributed by atoms with Crippen LogP contribution in [0.25, 0.3) is 0 Å². The Kier molecular flexibility index (Phi) is 5.52. The molecule has 5 atom stereocenters. The third-order valence-electron chi connectivity index (χ3n) is 5.60. The van der Waals surface area contributed by atoms with Gasteiger partial charge in [-0.2, -0.15) is 0 Å². The van der Waals surface area contributed by atoms with Crippen molar-refractivity contribution in [3.05, 3.63) is 0 Å². The molecule has 2 aliphatic rings. The van der Waals surface area contributed by atoms with E-state index in [-0.39, 0.29) is 5.25 Å². The first-order valence-corrected chi connectivity index (χ1v) is 10.2. The van der Waals surface area contributed by atoms with Crippen molar-refractivity contribution in [3.63, 3.8) is 0 Å². The van der Waals surface area contributed by atoms with Crippen LogP contribution in [0.3, 0.4) is 0 Å². The minimum absolute atomic E-state index is 0.0990. The summed E-state index contributed by atoms with van der Waals surface area (Å²) < 4.78 is 23.7. The van der Waals surface area contributed by atoms with Crippen LogP contribution >= 0.6 is 0 Å². The van der Waals surface area contributed by atoms with Crippen molar-refractivity contribution in [3.8, 4) is 0 Å². The van der Waals surface area contributed by atoms with E-state index >= 15 is 0 Å². The molecule has 2 rings (SSSR count). The predicted molar refractivity (Wildman–Crippen MR) is 84.6 cm³/mol. The van der Waals surface area contributed by atoms with Gasteiger partial charge in [0.1, 0.15) is 9.84 Å². The fraction of sp³-hybridized carbons (Fsp3) is 1.00. The molecule has 0 bridgehead atoms. The van der Waals surface area contributed by atoms with E-state index in [0.29, 0.717) is 12.0 Å². The van der Waals surface area contributed by atoms with Gasteiger partial charge < -0.3 is 5.32 Å². The number of nitrogens with one attached hydrogen (secondary N) is 1. The molecule has 0 radical (unpaired) electrons. The summed E-state index contributed by atoms with van der Waals surface area (Å²) in [5.74, 6) is 2.12. The summed E-state index contributed by atoms with van der Waals surface area (Å²) in [5, 5.41) is 3.44. The van der Waals surface area contributed by atoms with Gasteiger partial charge in [0.05, 0.1) is 5.25 Å². The minimum Gasteiger partial charge on any atom is -0.316 e. The molecule has 0 amide bonds. The van der Waals surface area contributed by atoms with E-state index in [4.69, 9.17) is 0 Å². The Morgan fingerprint density at radius 3 is 2.15 bits per heavy atom. The normalized spacial score (nSPS) is 37.5. The van der Waals surface area contributed by atoms with Crippen molar-refractivity contribution in [1.82, 2.24) is 5.32 Å². The van der Waals surface area contributed by atoms with Crippen LogP contribution in [0.15, 0.2) is 0 Å². The molecule has 2 aliphatic carbocycles. The lowest BCUT2D eigenvalue weighted by atomic mass is 9.71. The second-order valence-corrected chi connectivity index (χ2v) is 9.55. The molecule has 20 heavy (non-hydrogen) atoms. The van der Waals surface area contributed by atoms with Crippen LogP contribution in [0.1, 0.15) is 58.3 Å². The lowest BCUT2D eigenvalue weighted by Gasteiger charge is -2.40. The third-order valence-corrected chi connectivity index (χ3v) is 7.24. The van der Waals surface area contributed by atoms with Crippen LogP contribution in [-0.4, -0.2) is 33.0 Å². The maximum atomic E-state index is 11.9. The second kappa shape index (κ2) is 6.78. The molecule has 2 saturated carbocycles. The summed E-state index contributed by atoms with van der Waals surface area (Å²) in [6, 6.07) is 0.516. The van der Waals surface area contributed by atoms with E-state index in [1.54, 1.807) is 0 Å². The van der Waals surface area contributed by atoms with Gasteiger partial charge in [0.15, 0.2) is 0 Å². The second-order valence-electron chi connectivity index (χ2n) is 7.22. The first-order valence-electron chi connectivity index (χ1n) is 8.28. The van der Waals surface area contributed by atoms with E-state index < -0.39 is 9.84 Å². The molecule has 0 aliphatic heterocycles. The van der Waals surface area contributed by atoms with Gasteiger partial charge >= 0.3 is 0 Å². The Hall–Kier alpha value is -0.0900. The van der Waals surface area contributed by atoms with E-state index in [1.807, 2.05) is 0 Å². The molecule has 1 N–H and O–H groups in total. The first kappa shape index (κ1) is 16.3. The molecule has 2 fully saturated rings. The number of hydrogen-bond donors (Lipinski definition) is 1. The number of sulfone groups is 1. The van der Waals surface area contributed by atoms with Crippen LogP contribution in [0.2, 0.25) is 0 Å². The Bertz CT molecular complexity index is 407. The van der Waals surface area contributed by atoms with Crippen molar-refractivity contribution in [2.75, 3.05) is 13.3 Å². The average Bonchev–Trinajstić information content (AvgIpc) is 2.39. The molecule has 0 heterocycles. The van der Waals surface area contributed by atoms with Gasteiger partial charge in [-0.3, -0.25) is 0 Å². The smallest absolute Gasteiger partial charge is 0.150 e. The molecule has 0 spiro atoms. The summed E-state index contributed by atoms with van der Waals surface area (Å²) in [5.41, 5.74) is 0. The fourth-order valence-corrected chi connectivity index (χ4v) is 5.75. The monoisotopic (exact) mass is 301 g/mol. The molecule has 3 nitrogen and oxygen atoms in total. The van der Waals surface area contributed by atoms with E-state index in [0.717, 1.165) is 31.1 Å². The van der Waals surface area contributed by atoms with E-state index in [9.17, 15) is 8.42 Å². The van der Waals surface area contributed by atoms with Gasteiger partial charge in [-0.25, -0.2) is 8.42 Å². The average molecular weight is 301 g/mol. The summed E-state index contributed by atoms with van der Waals surface area (Å²) >= 11 is 0. The number of hydrogen-bond acceptors (Lipinski definition) is 3. The highest BCUT2D eigenvalue weighted by atomic mass is 32.2. The van der Waals surface area contributed by atoms with Crippen molar-refractivity contribution in [1.29, 1.82) is 0 Å². The molecule has 118 valence electrons. The molecular weight excluding hydrogens is 270 g/mol. The van der Waals surface area contributed by atoms with Gasteiger partial charge in [-0.1, -0.05) is 26.2 Å². The summed E-state index contributed by atoms with van der Waals surface area (Å²) in [6.45, 7) is 2.36. The van der Waals surface area contributed by atoms with Crippen molar-refractivity contribution in [2.45, 2.75) is 69.6 Å². The maximum Gasteiger partial charge on any atom is 0.150 e. The van der Waals surface area contributed by atoms with E-state index in [2.05, 4.69) is 19.3 Å². The Morgan fingerprint density at radius 2 is 1.60 bits per heavy atom. The summed E-state index contributed by atoms with van der Waals surface area (Å²) in [7, 11) is -0.806. The van der Waals surface area contributed by atoms with Gasteiger partial charge in [0.25, 0.3) is 0 Å². The van der Waals surface area contributed by atoms with Crippen LogP contribution in [0.4, 0.5) is 0 Å². The molecule has 4 heteroatoms. The van der Waals surface area contributed by atoms with Crippen LogP contribution < -0.4 is 5.32 Å². The van der Waals surface area contributed by atoms with Crippen LogP contribution in [-0.2, 0) is 9.84 Å². The predicted octanol–water partition coefficient (Wildman–Crippen LogP) is 3.00. The quantitative estimate of drug-likeness (QED) is 0.868. The third kappa shape index (κ3) is 3.97. The van der Waals surface area contributed by atoms with Gasteiger partial charge in [0, 0.05) is 12.3 Å². The molecule has 5 unspecified atom stereocenters. The Labute approximate surface area is 124 Å². The molecule has 0 aromatic rings. The minimum atomic E-state index is -2.87. The van der Waals surface area contributed by atoms with Crippen molar-refractivity contribution in [2.24, 2.45) is 17.8 Å². The molecule has 0 aromatic heterocycles. The maximum absolute atomic E-state index is 11.9. The Morgan fingerprint density at radius 1 is 1.00 bits per heavy atom. The molecule has 0 aromatic carbocycles. The van der Waals surface area contributed by atoms with E-state index in [1.165, 1.54) is 38.4 Å². The fourth-order valence-electron chi connectivity index (χ4n) is 4.56. The van der Waals surface area contributed by atoms with Crippen molar-refractivity contribution >= 4 is 9.84 Å². The zero-order valence-electron chi connectivity index (χ0n) is 13.3. The zero-order valence-corrected chi connectivity index (χ0v) is 14.1. The summed E-state index contributed by atoms with van der Waals surface area (Å²) in [4.78, 5) is 0. The van der Waals surface area contributed by atoms with Gasteiger partial charge in [-0.15, -0.1) is 0 Å². The standard InChI is InChI=1S/C16H31NO2S/c1-12-6-4-7-13(10-12)16(17-2)14-8-5-9-15(11-14)20(3,18)19/h12-17H,4-11H2,1-3H3.